The molecule has 0 saturated carbocycles. The second kappa shape index (κ2) is 5.27. The van der Waals surface area contributed by atoms with Crippen molar-refractivity contribution >= 4 is 22.9 Å². The van der Waals surface area contributed by atoms with Gasteiger partial charge in [0.25, 0.3) is 0 Å². The zero-order valence-corrected chi connectivity index (χ0v) is 12.5. The van der Waals surface area contributed by atoms with Gasteiger partial charge in [-0.05, 0) is 30.5 Å². The standard InChI is InChI=1S/C15H11N5OS/c1-22-15-16-5-4-10(19-15)9-7-11-14(18-8-17-11)20-13(9)12-3-2-6-21-12/h2-8H,1H3,(H,17,18,20). The number of aromatic nitrogens is 5. The zero-order valence-electron chi connectivity index (χ0n) is 11.6. The minimum atomic E-state index is 0.691. The van der Waals surface area contributed by atoms with E-state index < -0.39 is 0 Å². The normalized spacial score (nSPS) is 11.1. The Morgan fingerprint density at radius 1 is 1.18 bits per heavy atom. The van der Waals surface area contributed by atoms with Gasteiger partial charge in [0.2, 0.25) is 0 Å². The molecular weight excluding hydrogens is 298 g/mol. The number of pyridine rings is 1. The first-order valence-corrected chi connectivity index (χ1v) is 7.83. The van der Waals surface area contributed by atoms with Crippen molar-refractivity contribution in [3.8, 4) is 22.7 Å². The van der Waals surface area contributed by atoms with Crippen molar-refractivity contribution in [3.05, 3.63) is 43.1 Å². The molecule has 0 saturated heterocycles. The first-order valence-electron chi connectivity index (χ1n) is 6.60. The Labute approximate surface area is 130 Å². The van der Waals surface area contributed by atoms with E-state index in [1.54, 1.807) is 18.8 Å². The Morgan fingerprint density at radius 3 is 2.95 bits per heavy atom. The number of hydrogen-bond acceptors (Lipinski definition) is 6. The van der Waals surface area contributed by atoms with Gasteiger partial charge in [0, 0.05) is 11.8 Å². The first kappa shape index (κ1) is 13.0. The summed E-state index contributed by atoms with van der Waals surface area (Å²) >= 11 is 1.50. The largest absolute Gasteiger partial charge is 0.463 e. The number of rotatable bonds is 3. The molecule has 0 fully saturated rings. The van der Waals surface area contributed by atoms with E-state index in [-0.39, 0.29) is 0 Å². The Morgan fingerprint density at radius 2 is 2.14 bits per heavy atom. The lowest BCUT2D eigenvalue weighted by Crippen LogP contribution is -1.94. The lowest BCUT2D eigenvalue weighted by molar-refractivity contribution is 0.580. The third-order valence-corrected chi connectivity index (χ3v) is 3.82. The molecule has 7 heteroatoms. The van der Waals surface area contributed by atoms with E-state index in [4.69, 9.17) is 4.42 Å². The number of thioether (sulfide) groups is 1. The van der Waals surface area contributed by atoms with Crippen molar-refractivity contribution in [2.75, 3.05) is 6.26 Å². The minimum Gasteiger partial charge on any atom is -0.463 e. The van der Waals surface area contributed by atoms with Crippen molar-refractivity contribution in [1.29, 1.82) is 0 Å². The molecule has 0 aliphatic rings. The number of hydrogen-bond donors (Lipinski definition) is 1. The summed E-state index contributed by atoms with van der Waals surface area (Å²) in [5.41, 5.74) is 3.90. The van der Waals surface area contributed by atoms with Crippen LogP contribution in [0.4, 0.5) is 0 Å². The molecule has 0 amide bonds. The predicted octanol–water partition coefficient (Wildman–Crippen LogP) is 3.40. The van der Waals surface area contributed by atoms with Crippen LogP contribution in [0, 0.1) is 0 Å². The van der Waals surface area contributed by atoms with Gasteiger partial charge in [-0.2, -0.15) is 0 Å². The van der Waals surface area contributed by atoms with E-state index in [0.29, 0.717) is 16.6 Å². The van der Waals surface area contributed by atoms with Gasteiger partial charge in [0.05, 0.1) is 18.3 Å². The molecule has 0 spiro atoms. The Balaban J connectivity index is 2.00. The highest BCUT2D eigenvalue weighted by molar-refractivity contribution is 7.98. The fourth-order valence-electron chi connectivity index (χ4n) is 2.26. The van der Waals surface area contributed by atoms with Crippen LogP contribution in [0.2, 0.25) is 0 Å². The third-order valence-electron chi connectivity index (χ3n) is 3.25. The molecule has 0 atom stereocenters. The first-order chi connectivity index (χ1) is 10.8. The number of nitrogens with zero attached hydrogens (tertiary/aromatic N) is 4. The molecule has 4 rings (SSSR count). The summed E-state index contributed by atoms with van der Waals surface area (Å²) in [6.07, 6.45) is 6.95. The molecule has 0 radical (unpaired) electrons. The lowest BCUT2D eigenvalue weighted by atomic mass is 10.1. The number of H-pyrrole nitrogens is 1. The Kier molecular flexibility index (Phi) is 3.12. The maximum absolute atomic E-state index is 5.52. The quantitative estimate of drug-likeness (QED) is 0.461. The number of aromatic amines is 1. The second-order valence-corrected chi connectivity index (χ2v) is 5.33. The number of fused-ring (bicyclic) bond motifs is 1. The van der Waals surface area contributed by atoms with E-state index in [1.807, 2.05) is 30.5 Å². The fourth-order valence-corrected chi connectivity index (χ4v) is 2.61. The summed E-state index contributed by atoms with van der Waals surface area (Å²) in [5.74, 6) is 0.691. The molecular formula is C15H11N5OS. The highest BCUT2D eigenvalue weighted by Gasteiger charge is 2.16. The minimum absolute atomic E-state index is 0.691. The number of furan rings is 1. The van der Waals surface area contributed by atoms with E-state index in [2.05, 4.69) is 24.9 Å². The Hall–Kier alpha value is -2.67. The van der Waals surface area contributed by atoms with Crippen LogP contribution in [-0.4, -0.2) is 31.2 Å². The molecule has 0 aromatic carbocycles. The monoisotopic (exact) mass is 309 g/mol. The topological polar surface area (TPSA) is 80.5 Å². The van der Waals surface area contributed by atoms with Crippen LogP contribution >= 0.6 is 11.8 Å². The van der Waals surface area contributed by atoms with Gasteiger partial charge in [0.15, 0.2) is 16.6 Å². The molecule has 0 aliphatic carbocycles. The van der Waals surface area contributed by atoms with Crippen LogP contribution in [-0.2, 0) is 0 Å². The van der Waals surface area contributed by atoms with Gasteiger partial charge >= 0.3 is 0 Å². The average molecular weight is 309 g/mol. The summed E-state index contributed by atoms with van der Waals surface area (Å²) in [6, 6.07) is 7.54. The summed E-state index contributed by atoms with van der Waals surface area (Å²) in [6.45, 7) is 0. The molecule has 22 heavy (non-hydrogen) atoms. The van der Waals surface area contributed by atoms with Crippen molar-refractivity contribution in [2.45, 2.75) is 5.16 Å². The van der Waals surface area contributed by atoms with E-state index in [0.717, 1.165) is 22.5 Å². The van der Waals surface area contributed by atoms with E-state index in [9.17, 15) is 0 Å². The van der Waals surface area contributed by atoms with Crippen LogP contribution in [0.3, 0.4) is 0 Å². The molecule has 0 aliphatic heterocycles. The van der Waals surface area contributed by atoms with Crippen LogP contribution in [0.5, 0.6) is 0 Å². The van der Waals surface area contributed by atoms with Gasteiger partial charge in [-0.25, -0.2) is 19.9 Å². The summed E-state index contributed by atoms with van der Waals surface area (Å²) in [4.78, 5) is 20.7. The van der Waals surface area contributed by atoms with Crippen molar-refractivity contribution < 1.29 is 4.42 Å². The predicted molar refractivity (Wildman–Crippen MR) is 84.4 cm³/mol. The summed E-state index contributed by atoms with van der Waals surface area (Å²) < 4.78 is 5.52. The highest BCUT2D eigenvalue weighted by Crippen LogP contribution is 2.32. The van der Waals surface area contributed by atoms with Crippen molar-refractivity contribution in [1.82, 2.24) is 24.9 Å². The average Bonchev–Trinajstić information content (AvgIpc) is 3.24. The molecule has 108 valence electrons. The van der Waals surface area contributed by atoms with Gasteiger partial charge in [-0.1, -0.05) is 11.8 Å². The smallest absolute Gasteiger partial charge is 0.187 e. The number of nitrogens with one attached hydrogen (secondary N) is 1. The van der Waals surface area contributed by atoms with Crippen LogP contribution in [0.1, 0.15) is 0 Å². The van der Waals surface area contributed by atoms with Crippen molar-refractivity contribution in [3.63, 3.8) is 0 Å². The Bertz CT molecular complexity index is 932. The van der Waals surface area contributed by atoms with Crippen LogP contribution in [0.15, 0.2) is 52.6 Å². The van der Waals surface area contributed by atoms with Gasteiger partial charge < -0.3 is 9.40 Å². The fraction of sp³-hybridized carbons (Fsp3) is 0.0667. The maximum atomic E-state index is 5.52. The molecule has 6 nitrogen and oxygen atoms in total. The van der Waals surface area contributed by atoms with Gasteiger partial charge in [0.1, 0.15) is 11.2 Å². The highest BCUT2D eigenvalue weighted by atomic mass is 32.2. The maximum Gasteiger partial charge on any atom is 0.187 e. The zero-order chi connectivity index (χ0) is 14.9. The molecule has 1 N–H and O–H groups in total. The molecule has 0 unspecified atom stereocenters. The number of imidazole rings is 1. The lowest BCUT2D eigenvalue weighted by Gasteiger charge is -2.07. The molecule has 4 heterocycles. The van der Waals surface area contributed by atoms with E-state index in [1.165, 1.54) is 11.8 Å². The SMILES string of the molecule is CSc1nccc(-c2cc3nc[nH]c3nc2-c2ccco2)n1. The molecule has 4 aromatic rings. The van der Waals surface area contributed by atoms with E-state index >= 15 is 0 Å². The molecule has 4 aromatic heterocycles. The summed E-state index contributed by atoms with van der Waals surface area (Å²) in [5, 5.41) is 0.713. The van der Waals surface area contributed by atoms with Crippen molar-refractivity contribution in [2.24, 2.45) is 0 Å². The second-order valence-electron chi connectivity index (χ2n) is 4.56. The summed E-state index contributed by atoms with van der Waals surface area (Å²) in [7, 11) is 0. The third kappa shape index (κ3) is 2.15. The van der Waals surface area contributed by atoms with Gasteiger partial charge in [-0.15, -0.1) is 0 Å². The van der Waals surface area contributed by atoms with Crippen LogP contribution < -0.4 is 0 Å². The van der Waals surface area contributed by atoms with Crippen LogP contribution in [0.25, 0.3) is 33.9 Å². The van der Waals surface area contributed by atoms with Gasteiger partial charge in [-0.3, -0.25) is 0 Å². The molecule has 0 bridgehead atoms.